The first-order chi connectivity index (χ1) is 17.6. The topological polar surface area (TPSA) is 110 Å². The Morgan fingerprint density at radius 1 is 0.973 bits per heavy atom. The zero-order valence-corrected chi connectivity index (χ0v) is 19.8. The highest BCUT2D eigenvalue weighted by Gasteiger charge is 2.39. The number of carbonyl (C=O) groups excluding carboxylic acids is 1. The monoisotopic (exact) mass is 519 g/mol. The number of rotatable bonds is 8. The third-order valence-electron chi connectivity index (χ3n) is 5.35. The molecule has 194 valence electrons. The van der Waals surface area contributed by atoms with Crippen LogP contribution in [-0.2, 0) is 17.4 Å². The van der Waals surface area contributed by atoms with E-state index in [0.717, 1.165) is 6.07 Å². The highest BCUT2D eigenvalue weighted by atomic mass is 19.4. The summed E-state index contributed by atoms with van der Waals surface area (Å²) in [7, 11) is 4.11. The van der Waals surface area contributed by atoms with Crippen LogP contribution in [-0.4, -0.2) is 32.5 Å². The molecule has 0 saturated carbocycles. The lowest BCUT2D eigenvalue weighted by Gasteiger charge is -2.15. The third kappa shape index (κ3) is 5.37. The molecule has 0 radical (unpaired) electrons. The number of aromatic nitrogens is 1. The molecule has 0 N–H and O–H groups in total. The van der Waals surface area contributed by atoms with E-state index in [4.69, 9.17) is 27.9 Å². The largest absolute Gasteiger partial charge is 0.493 e. The lowest BCUT2D eigenvalue weighted by molar-refractivity contribution is -0.152. The minimum atomic E-state index is -5.00. The predicted molar refractivity (Wildman–Crippen MR) is 123 cm³/mol. The fourth-order valence-electron chi connectivity index (χ4n) is 3.61. The lowest BCUT2D eigenvalue weighted by Crippen LogP contribution is -2.16. The number of alkyl halides is 3. The van der Waals surface area contributed by atoms with Crippen LogP contribution >= 0.6 is 0 Å². The van der Waals surface area contributed by atoms with Gasteiger partial charge in [0.15, 0.2) is 11.5 Å². The molecular weight excluding hydrogens is 499 g/mol. The van der Waals surface area contributed by atoms with E-state index in [1.165, 1.54) is 57.7 Å². The molecule has 9 nitrogen and oxygen atoms in total. The van der Waals surface area contributed by atoms with Crippen LogP contribution in [0, 0.1) is 0 Å². The molecule has 0 aliphatic rings. The molecule has 4 rings (SSSR count). The molecular formula is C25H20F3NO8. The van der Waals surface area contributed by atoms with E-state index in [1.807, 2.05) is 0 Å². The highest BCUT2D eigenvalue weighted by molar-refractivity contribution is 5.85. The molecule has 4 aromatic rings. The Labute approximate surface area is 207 Å². The van der Waals surface area contributed by atoms with E-state index in [0.29, 0.717) is 5.76 Å². The minimum absolute atomic E-state index is 0.0693. The molecule has 2 heterocycles. The van der Waals surface area contributed by atoms with Crippen molar-refractivity contribution < 1.29 is 45.9 Å². The number of benzene rings is 2. The predicted octanol–water partition coefficient (Wildman–Crippen LogP) is 5.03. The summed E-state index contributed by atoms with van der Waals surface area (Å²) in [4.78, 5) is 25.4. The Hall–Kier alpha value is -4.48. The Morgan fingerprint density at radius 3 is 2.38 bits per heavy atom. The van der Waals surface area contributed by atoms with Gasteiger partial charge in [-0.15, -0.1) is 0 Å². The number of methoxy groups -OCH3 is 3. The normalized spacial score (nSPS) is 11.4. The van der Waals surface area contributed by atoms with Gasteiger partial charge in [-0.3, -0.25) is 9.59 Å². The summed E-state index contributed by atoms with van der Waals surface area (Å²) in [5, 5.41) is 3.48. The van der Waals surface area contributed by atoms with Crippen LogP contribution in [0.1, 0.15) is 17.9 Å². The number of ether oxygens (including phenoxy) is 4. The van der Waals surface area contributed by atoms with Crippen LogP contribution in [0.25, 0.3) is 22.1 Å². The standard InChI is InChI=1S/C25H20F3NO8/c1-32-17-8-4-13(10-19(17)33-2)22-23(31)16-7-5-14(11-18(16)36-24(22)25(26,27)28)35-21(30)9-6-15-12-20(34-3)29-37-15/h4-5,7-8,10-12H,6,9H2,1-3H3. The van der Waals surface area contributed by atoms with Gasteiger partial charge in [0.1, 0.15) is 17.1 Å². The highest BCUT2D eigenvalue weighted by Crippen LogP contribution is 2.40. The second-order valence-corrected chi connectivity index (χ2v) is 7.67. The summed E-state index contributed by atoms with van der Waals surface area (Å²) in [5.74, 6) is -1.23. The van der Waals surface area contributed by atoms with Crippen molar-refractivity contribution >= 4 is 16.9 Å². The van der Waals surface area contributed by atoms with Gasteiger partial charge in [0.25, 0.3) is 5.88 Å². The van der Waals surface area contributed by atoms with Crippen LogP contribution in [0.15, 0.2) is 56.2 Å². The summed E-state index contributed by atoms with van der Waals surface area (Å²) in [6.45, 7) is 0. The van der Waals surface area contributed by atoms with E-state index in [9.17, 15) is 22.8 Å². The molecule has 0 aliphatic heterocycles. The van der Waals surface area contributed by atoms with Gasteiger partial charge in [-0.1, -0.05) is 6.07 Å². The first-order valence-electron chi connectivity index (χ1n) is 10.7. The van der Waals surface area contributed by atoms with Crippen molar-refractivity contribution in [2.75, 3.05) is 21.3 Å². The maximum Gasteiger partial charge on any atom is 0.450 e. The first kappa shape index (κ1) is 25.6. The summed E-state index contributed by atoms with van der Waals surface area (Å²) in [5.41, 5.74) is -2.07. The van der Waals surface area contributed by atoms with Crippen molar-refractivity contribution in [3.63, 3.8) is 0 Å². The van der Waals surface area contributed by atoms with Crippen molar-refractivity contribution in [2.24, 2.45) is 0 Å². The molecule has 0 aliphatic carbocycles. The van der Waals surface area contributed by atoms with Crippen molar-refractivity contribution in [1.29, 1.82) is 0 Å². The van der Waals surface area contributed by atoms with Crippen LogP contribution < -0.4 is 24.4 Å². The number of carbonyl (C=O) groups is 1. The number of nitrogens with zero attached hydrogens (tertiary/aromatic N) is 1. The van der Waals surface area contributed by atoms with Crippen LogP contribution in [0.4, 0.5) is 13.2 Å². The van der Waals surface area contributed by atoms with Crippen LogP contribution in [0.3, 0.4) is 0 Å². The fourth-order valence-corrected chi connectivity index (χ4v) is 3.61. The summed E-state index contributed by atoms with van der Waals surface area (Å²) in [6, 6.07) is 9.03. The van der Waals surface area contributed by atoms with Gasteiger partial charge in [-0.25, -0.2) is 0 Å². The van der Waals surface area contributed by atoms with Gasteiger partial charge in [-0.2, -0.15) is 13.2 Å². The van der Waals surface area contributed by atoms with Crippen LogP contribution in [0.2, 0.25) is 0 Å². The lowest BCUT2D eigenvalue weighted by atomic mass is 10.0. The van der Waals surface area contributed by atoms with E-state index >= 15 is 0 Å². The minimum Gasteiger partial charge on any atom is -0.493 e. The zero-order valence-electron chi connectivity index (χ0n) is 19.8. The van der Waals surface area contributed by atoms with E-state index in [1.54, 1.807) is 0 Å². The smallest absolute Gasteiger partial charge is 0.450 e. The van der Waals surface area contributed by atoms with E-state index < -0.39 is 34.5 Å². The second kappa shape index (κ2) is 10.2. The number of aryl methyl sites for hydroxylation is 1. The maximum absolute atomic E-state index is 14.0. The van der Waals surface area contributed by atoms with E-state index in [2.05, 4.69) is 5.16 Å². The molecule has 0 unspecified atom stereocenters. The van der Waals surface area contributed by atoms with Gasteiger partial charge in [0, 0.05) is 18.6 Å². The Kier molecular flexibility index (Phi) is 7.09. The van der Waals surface area contributed by atoms with Gasteiger partial charge in [0.05, 0.1) is 38.7 Å². The summed E-state index contributed by atoms with van der Waals surface area (Å²) in [6.07, 6.45) is -4.95. The van der Waals surface area contributed by atoms with Crippen molar-refractivity contribution in [2.45, 2.75) is 19.0 Å². The quantitative estimate of drug-likeness (QED) is 0.234. The SMILES string of the molecule is COc1cc(CCC(=O)Oc2ccc3c(=O)c(-c4ccc(OC)c(OC)c4)c(C(F)(F)F)oc3c2)on1. The van der Waals surface area contributed by atoms with Gasteiger partial charge >= 0.3 is 12.1 Å². The van der Waals surface area contributed by atoms with Crippen LogP contribution in [0.5, 0.6) is 23.1 Å². The van der Waals surface area contributed by atoms with Crippen molar-refractivity contribution in [3.05, 3.63) is 64.2 Å². The zero-order chi connectivity index (χ0) is 26.7. The molecule has 2 aromatic carbocycles. The molecule has 0 saturated heterocycles. The summed E-state index contributed by atoms with van der Waals surface area (Å²) < 4.78 is 72.4. The molecule has 0 fully saturated rings. The Balaban J connectivity index is 1.68. The number of fused-ring (bicyclic) bond motifs is 1. The molecule has 0 spiro atoms. The van der Waals surface area contributed by atoms with Gasteiger partial charge in [0.2, 0.25) is 11.2 Å². The van der Waals surface area contributed by atoms with E-state index in [-0.39, 0.29) is 46.9 Å². The Morgan fingerprint density at radius 2 is 1.73 bits per heavy atom. The van der Waals surface area contributed by atoms with Crippen molar-refractivity contribution in [3.8, 4) is 34.3 Å². The second-order valence-electron chi connectivity index (χ2n) is 7.67. The average molecular weight is 519 g/mol. The maximum atomic E-state index is 14.0. The molecule has 0 bridgehead atoms. The summed E-state index contributed by atoms with van der Waals surface area (Å²) >= 11 is 0. The third-order valence-corrected chi connectivity index (χ3v) is 5.35. The number of hydrogen-bond donors (Lipinski definition) is 0. The molecule has 12 heteroatoms. The molecule has 2 aromatic heterocycles. The fraction of sp³-hybridized carbons (Fsp3) is 0.240. The van der Waals surface area contributed by atoms with Crippen molar-refractivity contribution in [1.82, 2.24) is 5.16 Å². The first-order valence-corrected chi connectivity index (χ1v) is 10.7. The number of halogens is 3. The number of hydrogen-bond acceptors (Lipinski definition) is 9. The van der Waals surface area contributed by atoms with Gasteiger partial charge < -0.3 is 27.9 Å². The molecule has 0 atom stereocenters. The molecule has 0 amide bonds. The average Bonchev–Trinajstić information content (AvgIpc) is 3.34. The van der Waals surface area contributed by atoms with Gasteiger partial charge in [-0.05, 0) is 35.0 Å². The number of esters is 1. The molecule has 37 heavy (non-hydrogen) atoms. The Bertz CT molecular complexity index is 1510.